The van der Waals surface area contributed by atoms with Gasteiger partial charge < -0.3 is 21.1 Å². The summed E-state index contributed by atoms with van der Waals surface area (Å²) < 4.78 is 5.15. The van der Waals surface area contributed by atoms with E-state index in [1.807, 2.05) is 0 Å². The average Bonchev–Trinajstić information content (AvgIpc) is 2.26. The van der Waals surface area contributed by atoms with Gasteiger partial charge in [-0.1, -0.05) is 0 Å². The number of urea groups is 1. The van der Waals surface area contributed by atoms with Crippen LogP contribution in [-0.4, -0.2) is 19.2 Å². The van der Waals surface area contributed by atoms with E-state index in [0.29, 0.717) is 23.2 Å². The van der Waals surface area contributed by atoms with Gasteiger partial charge >= 0.3 is 6.03 Å². The Morgan fingerprint density at radius 2 is 2.24 bits per heavy atom. The first kappa shape index (κ1) is 11.6. The average molecular weight is 235 g/mol. The Kier molecular flexibility index (Phi) is 3.37. The van der Waals surface area contributed by atoms with Crippen molar-refractivity contribution in [3.63, 3.8) is 0 Å². The van der Waals surface area contributed by atoms with Gasteiger partial charge in [0.1, 0.15) is 5.75 Å². The Morgan fingerprint density at radius 3 is 2.82 bits per heavy atom. The molecule has 5 nitrogen and oxygen atoms in total. The van der Waals surface area contributed by atoms with Gasteiger partial charge in [0.2, 0.25) is 0 Å². The summed E-state index contributed by atoms with van der Waals surface area (Å²) in [5, 5.41) is 5.65. The smallest absolute Gasteiger partial charge is 0.319 e. The molecule has 1 fully saturated rings. The number of carbonyl (C=O) groups is 1. The first-order valence-corrected chi connectivity index (χ1v) is 5.70. The molecule has 0 aliphatic heterocycles. The SMILES string of the molecule is COc1cc(N)ccc1NC(=O)NC1CCC1. The highest BCUT2D eigenvalue weighted by Gasteiger charge is 2.19. The third kappa shape index (κ3) is 2.81. The lowest BCUT2D eigenvalue weighted by Crippen LogP contribution is -2.41. The molecule has 0 unspecified atom stereocenters. The van der Waals surface area contributed by atoms with E-state index in [4.69, 9.17) is 10.5 Å². The third-order valence-electron chi connectivity index (χ3n) is 2.91. The lowest BCUT2D eigenvalue weighted by Gasteiger charge is -2.26. The molecule has 0 heterocycles. The zero-order valence-electron chi connectivity index (χ0n) is 9.82. The molecule has 0 atom stereocenters. The number of amides is 2. The van der Waals surface area contributed by atoms with E-state index >= 15 is 0 Å². The van der Waals surface area contributed by atoms with Crippen LogP contribution in [0.1, 0.15) is 19.3 Å². The first-order chi connectivity index (χ1) is 8.19. The van der Waals surface area contributed by atoms with E-state index in [1.54, 1.807) is 25.3 Å². The second kappa shape index (κ2) is 4.95. The predicted molar refractivity (Wildman–Crippen MR) is 67.2 cm³/mol. The van der Waals surface area contributed by atoms with Gasteiger partial charge in [-0.15, -0.1) is 0 Å². The molecule has 0 saturated heterocycles. The largest absolute Gasteiger partial charge is 0.494 e. The molecule has 0 radical (unpaired) electrons. The molecule has 0 aromatic heterocycles. The Balaban J connectivity index is 1.99. The number of anilines is 2. The first-order valence-electron chi connectivity index (χ1n) is 5.70. The number of methoxy groups -OCH3 is 1. The van der Waals surface area contributed by atoms with Crippen LogP contribution in [0.5, 0.6) is 5.75 Å². The maximum Gasteiger partial charge on any atom is 0.319 e. The molecule has 1 aromatic carbocycles. The number of ether oxygens (including phenoxy) is 1. The van der Waals surface area contributed by atoms with E-state index in [-0.39, 0.29) is 6.03 Å². The molecule has 17 heavy (non-hydrogen) atoms. The fourth-order valence-electron chi connectivity index (χ4n) is 1.71. The molecule has 4 N–H and O–H groups in total. The summed E-state index contributed by atoms with van der Waals surface area (Å²) in [5.74, 6) is 0.564. The van der Waals surface area contributed by atoms with Gasteiger partial charge in [0.05, 0.1) is 12.8 Å². The van der Waals surface area contributed by atoms with Crippen LogP contribution in [0.25, 0.3) is 0 Å². The van der Waals surface area contributed by atoms with E-state index in [1.165, 1.54) is 6.42 Å². The van der Waals surface area contributed by atoms with Crippen molar-refractivity contribution in [1.82, 2.24) is 5.32 Å². The Morgan fingerprint density at radius 1 is 1.47 bits per heavy atom. The van der Waals surface area contributed by atoms with Gasteiger partial charge in [-0.05, 0) is 31.4 Å². The summed E-state index contributed by atoms with van der Waals surface area (Å²) in [4.78, 5) is 11.7. The Labute approximate surface area is 100 Å². The number of nitrogens with one attached hydrogen (secondary N) is 2. The topological polar surface area (TPSA) is 76.4 Å². The fraction of sp³-hybridized carbons (Fsp3) is 0.417. The summed E-state index contributed by atoms with van der Waals surface area (Å²) in [6.45, 7) is 0. The van der Waals surface area contributed by atoms with Crippen LogP contribution in [0.4, 0.5) is 16.2 Å². The number of rotatable bonds is 3. The number of nitrogen functional groups attached to an aromatic ring is 1. The van der Waals surface area contributed by atoms with Crippen molar-refractivity contribution in [3.8, 4) is 5.75 Å². The van der Waals surface area contributed by atoms with Gasteiger partial charge in [0.15, 0.2) is 0 Å². The highest BCUT2D eigenvalue weighted by Crippen LogP contribution is 2.26. The zero-order valence-corrected chi connectivity index (χ0v) is 9.82. The van der Waals surface area contributed by atoms with Gasteiger partial charge in [0.25, 0.3) is 0 Å². The number of nitrogens with two attached hydrogens (primary N) is 1. The Bertz CT molecular complexity index is 416. The summed E-state index contributed by atoms with van der Waals surface area (Å²) in [6.07, 6.45) is 3.31. The van der Waals surface area contributed by atoms with Gasteiger partial charge in [-0.25, -0.2) is 4.79 Å². The van der Waals surface area contributed by atoms with Crippen LogP contribution in [0.2, 0.25) is 0 Å². The lowest BCUT2D eigenvalue weighted by molar-refractivity contribution is 0.240. The second-order valence-corrected chi connectivity index (χ2v) is 4.19. The van der Waals surface area contributed by atoms with Crippen molar-refractivity contribution in [3.05, 3.63) is 18.2 Å². The van der Waals surface area contributed by atoms with Crippen molar-refractivity contribution >= 4 is 17.4 Å². The van der Waals surface area contributed by atoms with Crippen molar-refractivity contribution in [2.24, 2.45) is 0 Å². The van der Waals surface area contributed by atoms with Gasteiger partial charge in [-0.2, -0.15) is 0 Å². The van der Waals surface area contributed by atoms with Crippen LogP contribution in [0, 0.1) is 0 Å². The number of hydrogen-bond donors (Lipinski definition) is 3. The Hall–Kier alpha value is -1.91. The minimum absolute atomic E-state index is 0.197. The standard InChI is InChI=1S/C12H17N3O2/c1-17-11-7-8(13)5-6-10(11)15-12(16)14-9-3-2-4-9/h5-7,9H,2-4,13H2,1H3,(H2,14,15,16). The predicted octanol–water partition coefficient (Wildman–Crippen LogP) is 1.95. The van der Waals surface area contributed by atoms with Crippen LogP contribution in [0.15, 0.2) is 18.2 Å². The third-order valence-corrected chi connectivity index (χ3v) is 2.91. The molecule has 1 aliphatic carbocycles. The summed E-state index contributed by atoms with van der Waals surface area (Å²) in [7, 11) is 1.55. The highest BCUT2D eigenvalue weighted by atomic mass is 16.5. The van der Waals surface area contributed by atoms with Crippen LogP contribution in [0.3, 0.4) is 0 Å². The minimum atomic E-state index is -0.197. The van der Waals surface area contributed by atoms with E-state index in [2.05, 4.69) is 10.6 Å². The highest BCUT2D eigenvalue weighted by molar-refractivity contribution is 5.91. The van der Waals surface area contributed by atoms with Gasteiger partial charge in [-0.3, -0.25) is 0 Å². The molecule has 5 heteroatoms. The molecule has 92 valence electrons. The van der Waals surface area contributed by atoms with E-state index in [9.17, 15) is 4.79 Å². The molecule has 0 bridgehead atoms. The van der Waals surface area contributed by atoms with E-state index in [0.717, 1.165) is 12.8 Å². The van der Waals surface area contributed by atoms with Crippen molar-refractivity contribution in [1.29, 1.82) is 0 Å². The molecular formula is C12H17N3O2. The van der Waals surface area contributed by atoms with Crippen molar-refractivity contribution in [2.45, 2.75) is 25.3 Å². The molecule has 0 spiro atoms. The lowest BCUT2D eigenvalue weighted by atomic mass is 9.93. The molecule has 1 aromatic rings. The second-order valence-electron chi connectivity index (χ2n) is 4.19. The quantitative estimate of drug-likeness (QED) is 0.701. The normalized spacial score (nSPS) is 14.9. The molecule has 1 saturated carbocycles. The molecular weight excluding hydrogens is 218 g/mol. The maximum atomic E-state index is 11.7. The summed E-state index contributed by atoms with van der Waals surface area (Å²) in [5.41, 5.74) is 6.86. The van der Waals surface area contributed by atoms with Crippen molar-refractivity contribution in [2.75, 3.05) is 18.2 Å². The number of hydrogen-bond acceptors (Lipinski definition) is 3. The molecule has 2 rings (SSSR count). The minimum Gasteiger partial charge on any atom is -0.494 e. The zero-order chi connectivity index (χ0) is 12.3. The van der Waals surface area contributed by atoms with Crippen LogP contribution in [-0.2, 0) is 0 Å². The summed E-state index contributed by atoms with van der Waals surface area (Å²) in [6, 6.07) is 5.25. The van der Waals surface area contributed by atoms with Crippen LogP contribution >= 0.6 is 0 Å². The monoisotopic (exact) mass is 235 g/mol. The molecule has 2 amide bonds. The fourth-order valence-corrected chi connectivity index (χ4v) is 1.71. The molecule has 1 aliphatic rings. The maximum absolute atomic E-state index is 11.7. The number of benzene rings is 1. The van der Waals surface area contributed by atoms with Crippen molar-refractivity contribution < 1.29 is 9.53 Å². The van der Waals surface area contributed by atoms with Gasteiger partial charge in [0, 0.05) is 17.8 Å². The summed E-state index contributed by atoms with van der Waals surface area (Å²) >= 11 is 0. The number of carbonyl (C=O) groups excluding carboxylic acids is 1. The van der Waals surface area contributed by atoms with Crippen LogP contribution < -0.4 is 21.1 Å². The van der Waals surface area contributed by atoms with E-state index < -0.39 is 0 Å².